The lowest BCUT2D eigenvalue weighted by molar-refractivity contribution is -0.385. The first-order valence-electron chi connectivity index (χ1n) is 10.3. The molecule has 0 spiro atoms. The molecule has 0 atom stereocenters. The van der Waals surface area contributed by atoms with E-state index in [-0.39, 0.29) is 27.8 Å². The number of nitro benzene ring substituents is 1. The number of rotatable bonds is 6. The van der Waals surface area contributed by atoms with E-state index < -0.39 is 39.2 Å². The van der Waals surface area contributed by atoms with Gasteiger partial charge < -0.3 is 4.74 Å². The Balaban J connectivity index is 1.62. The number of carbonyl (C=O) groups excluding carboxylic acids is 2. The van der Waals surface area contributed by atoms with E-state index in [1.165, 1.54) is 24.3 Å². The van der Waals surface area contributed by atoms with Crippen LogP contribution in [0.5, 0.6) is 11.5 Å². The maximum atomic E-state index is 13.0. The van der Waals surface area contributed by atoms with Crippen molar-refractivity contribution in [2.24, 2.45) is 0 Å². The van der Waals surface area contributed by atoms with Gasteiger partial charge in [-0.15, -0.1) is 0 Å². The highest BCUT2D eigenvalue weighted by Crippen LogP contribution is 2.40. The molecule has 0 radical (unpaired) electrons. The van der Waals surface area contributed by atoms with Gasteiger partial charge in [0.25, 0.3) is 11.1 Å². The fourth-order valence-corrected chi connectivity index (χ4v) is 4.48. The molecule has 3 aromatic rings. The molecule has 1 heterocycles. The number of imide groups is 1. The van der Waals surface area contributed by atoms with Gasteiger partial charge in [-0.25, -0.2) is 0 Å². The Kier molecular flexibility index (Phi) is 7.49. The third-order valence-corrected chi connectivity index (χ3v) is 6.75. The van der Waals surface area contributed by atoms with Crippen molar-refractivity contribution >= 4 is 57.9 Å². The van der Waals surface area contributed by atoms with Crippen molar-refractivity contribution in [3.8, 4) is 11.5 Å². The first kappa shape index (κ1) is 26.5. The van der Waals surface area contributed by atoms with Crippen molar-refractivity contribution in [3.05, 3.63) is 102 Å². The molecule has 0 N–H and O–H groups in total. The molecule has 13 heteroatoms. The average Bonchev–Trinajstić information content (AvgIpc) is 3.09. The predicted molar refractivity (Wildman–Crippen MR) is 133 cm³/mol. The van der Waals surface area contributed by atoms with Crippen LogP contribution < -0.4 is 4.74 Å². The van der Waals surface area contributed by atoms with Crippen LogP contribution in [0.25, 0.3) is 6.08 Å². The number of carbonyl (C=O) groups is 2. The zero-order chi connectivity index (χ0) is 26.9. The number of nitrogens with zero attached hydrogens (tertiary/aromatic N) is 2. The van der Waals surface area contributed by atoms with Crippen molar-refractivity contribution in [1.29, 1.82) is 0 Å². The van der Waals surface area contributed by atoms with E-state index >= 15 is 0 Å². The minimum Gasteiger partial charge on any atom is -0.449 e. The third kappa shape index (κ3) is 5.90. The number of nitro groups is 1. The van der Waals surface area contributed by atoms with Gasteiger partial charge in [0.05, 0.1) is 32.0 Å². The van der Waals surface area contributed by atoms with Crippen LogP contribution in [0.4, 0.5) is 23.7 Å². The number of thioether (sulfide) groups is 1. The van der Waals surface area contributed by atoms with Gasteiger partial charge in [0.2, 0.25) is 5.75 Å². The van der Waals surface area contributed by atoms with E-state index in [2.05, 4.69) is 0 Å². The summed E-state index contributed by atoms with van der Waals surface area (Å²) < 4.78 is 44.6. The topological polar surface area (TPSA) is 89.7 Å². The quantitative estimate of drug-likeness (QED) is 0.170. The van der Waals surface area contributed by atoms with Gasteiger partial charge in [-0.1, -0.05) is 47.5 Å². The largest absolute Gasteiger partial charge is 0.449 e. The molecule has 1 saturated heterocycles. The van der Waals surface area contributed by atoms with Gasteiger partial charge >= 0.3 is 11.9 Å². The van der Waals surface area contributed by atoms with E-state index in [0.29, 0.717) is 34.5 Å². The van der Waals surface area contributed by atoms with Gasteiger partial charge in [-0.05, 0) is 53.7 Å². The monoisotopic (exact) mass is 568 g/mol. The van der Waals surface area contributed by atoms with Crippen LogP contribution in [-0.2, 0) is 17.5 Å². The molecule has 190 valence electrons. The summed E-state index contributed by atoms with van der Waals surface area (Å²) in [5.41, 5.74) is -1.23. The molecule has 3 aromatic carbocycles. The number of para-hydroxylation sites is 1. The SMILES string of the molecule is O=C1S/C(=C\c2ccccc2Oc2ccc(C(F)(F)F)cc2[N+](=O)[O-])C(=O)N1Cc1ccc(Cl)c(Cl)c1. The van der Waals surface area contributed by atoms with Crippen molar-refractivity contribution in [2.45, 2.75) is 12.7 Å². The fourth-order valence-electron chi connectivity index (χ4n) is 3.33. The number of hydrogen-bond donors (Lipinski definition) is 0. The lowest BCUT2D eigenvalue weighted by Gasteiger charge is -2.13. The van der Waals surface area contributed by atoms with Crippen molar-refractivity contribution in [1.82, 2.24) is 4.90 Å². The van der Waals surface area contributed by atoms with Gasteiger partial charge in [-0.3, -0.25) is 24.6 Å². The molecular weight excluding hydrogens is 556 g/mol. The van der Waals surface area contributed by atoms with E-state index in [9.17, 15) is 32.9 Å². The fraction of sp³-hybridized carbons (Fsp3) is 0.0833. The van der Waals surface area contributed by atoms with E-state index in [1.54, 1.807) is 24.3 Å². The summed E-state index contributed by atoms with van der Waals surface area (Å²) in [6.45, 7) is -0.0468. The second-order valence-corrected chi connectivity index (χ2v) is 9.40. The summed E-state index contributed by atoms with van der Waals surface area (Å²) in [6, 6.07) is 12.7. The molecule has 2 amide bonds. The molecule has 1 fully saturated rings. The third-order valence-electron chi connectivity index (χ3n) is 5.11. The molecule has 4 rings (SSSR count). The highest BCUT2D eigenvalue weighted by molar-refractivity contribution is 8.18. The molecule has 1 aliphatic heterocycles. The van der Waals surface area contributed by atoms with Gasteiger partial charge in [0, 0.05) is 11.6 Å². The Labute approximate surface area is 221 Å². The normalized spacial score (nSPS) is 14.9. The Morgan fingerprint density at radius 1 is 1.00 bits per heavy atom. The van der Waals surface area contributed by atoms with E-state index in [0.717, 1.165) is 11.0 Å². The van der Waals surface area contributed by atoms with Crippen LogP contribution in [0, 0.1) is 10.1 Å². The molecule has 1 aliphatic rings. The van der Waals surface area contributed by atoms with Crippen LogP contribution >= 0.6 is 35.0 Å². The molecule has 7 nitrogen and oxygen atoms in total. The summed E-state index contributed by atoms with van der Waals surface area (Å²) >= 11 is 12.6. The molecule has 0 aromatic heterocycles. The number of alkyl halides is 3. The minimum absolute atomic E-state index is 0.0293. The Bertz CT molecular complexity index is 1460. The number of ether oxygens (including phenoxy) is 1. The Hall–Kier alpha value is -3.54. The molecule has 0 bridgehead atoms. The van der Waals surface area contributed by atoms with Crippen LogP contribution in [0.3, 0.4) is 0 Å². The Morgan fingerprint density at radius 2 is 1.73 bits per heavy atom. The highest BCUT2D eigenvalue weighted by Gasteiger charge is 2.36. The zero-order valence-corrected chi connectivity index (χ0v) is 20.6. The van der Waals surface area contributed by atoms with Gasteiger partial charge in [0.15, 0.2) is 0 Å². The van der Waals surface area contributed by atoms with Gasteiger partial charge in [0.1, 0.15) is 5.75 Å². The highest BCUT2D eigenvalue weighted by atomic mass is 35.5. The minimum atomic E-state index is -4.78. The standard InChI is InChI=1S/C24H13Cl2F3N2O5S/c25-16-7-5-13(9-17(16)26)12-30-22(32)21(37-23(30)33)10-14-3-1-2-4-19(14)36-20-8-6-15(24(27,28)29)11-18(20)31(34)35/h1-11H,12H2/b21-10-. The number of amides is 2. The van der Waals surface area contributed by atoms with Crippen LogP contribution in [-0.4, -0.2) is 21.0 Å². The summed E-state index contributed by atoms with van der Waals surface area (Å²) in [7, 11) is 0. The van der Waals surface area contributed by atoms with Crippen LogP contribution in [0.2, 0.25) is 10.0 Å². The first-order valence-corrected chi connectivity index (χ1v) is 11.8. The summed E-state index contributed by atoms with van der Waals surface area (Å²) in [4.78, 5) is 36.9. The lowest BCUT2D eigenvalue weighted by atomic mass is 10.1. The van der Waals surface area contributed by atoms with E-state index in [1.807, 2.05) is 0 Å². The van der Waals surface area contributed by atoms with Crippen molar-refractivity contribution < 1.29 is 32.4 Å². The van der Waals surface area contributed by atoms with Crippen LogP contribution in [0.15, 0.2) is 65.6 Å². The average molecular weight is 569 g/mol. The number of hydrogen-bond acceptors (Lipinski definition) is 6. The predicted octanol–water partition coefficient (Wildman–Crippen LogP) is 7.95. The second-order valence-electron chi connectivity index (χ2n) is 7.59. The molecule has 37 heavy (non-hydrogen) atoms. The molecular formula is C24H13Cl2F3N2O5S. The van der Waals surface area contributed by atoms with Crippen molar-refractivity contribution in [2.75, 3.05) is 0 Å². The maximum absolute atomic E-state index is 13.0. The summed E-state index contributed by atoms with van der Waals surface area (Å²) in [5.74, 6) is -0.982. The first-order chi connectivity index (χ1) is 17.4. The molecule has 0 saturated carbocycles. The summed E-state index contributed by atoms with van der Waals surface area (Å²) in [5, 5.41) is 11.5. The summed E-state index contributed by atoms with van der Waals surface area (Å²) in [6.07, 6.45) is -3.41. The van der Waals surface area contributed by atoms with Crippen LogP contribution in [0.1, 0.15) is 16.7 Å². The number of halogens is 5. The second kappa shape index (κ2) is 10.4. The molecule has 0 unspecified atom stereocenters. The van der Waals surface area contributed by atoms with Crippen molar-refractivity contribution in [3.63, 3.8) is 0 Å². The molecule has 0 aliphatic carbocycles. The zero-order valence-electron chi connectivity index (χ0n) is 18.3. The van der Waals surface area contributed by atoms with Gasteiger partial charge in [-0.2, -0.15) is 13.2 Å². The smallest absolute Gasteiger partial charge is 0.416 e. The van der Waals surface area contributed by atoms with E-state index in [4.69, 9.17) is 27.9 Å². The maximum Gasteiger partial charge on any atom is 0.416 e. The lowest BCUT2D eigenvalue weighted by Crippen LogP contribution is -2.27. The number of benzene rings is 3. The Morgan fingerprint density at radius 3 is 2.41 bits per heavy atom.